The van der Waals surface area contributed by atoms with Crippen LogP contribution >= 0.6 is 0 Å². The molecule has 0 aliphatic heterocycles. The minimum Gasteiger partial charge on any atom is -0.496 e. The lowest BCUT2D eigenvalue weighted by atomic mass is 9.96. The lowest BCUT2D eigenvalue weighted by Crippen LogP contribution is -2.08. The van der Waals surface area contributed by atoms with Crippen molar-refractivity contribution in [3.8, 4) is 5.75 Å². The van der Waals surface area contributed by atoms with Gasteiger partial charge in [-0.05, 0) is 36.0 Å². The van der Waals surface area contributed by atoms with E-state index in [0.717, 1.165) is 25.0 Å². The van der Waals surface area contributed by atoms with E-state index in [9.17, 15) is 5.11 Å². The molecule has 1 aromatic carbocycles. The summed E-state index contributed by atoms with van der Waals surface area (Å²) in [4.78, 5) is 0. The number of aliphatic hydroxyl groups is 1. The summed E-state index contributed by atoms with van der Waals surface area (Å²) in [6.45, 7) is 4.51. The normalized spacial score (nSPS) is 12.5. The zero-order valence-corrected chi connectivity index (χ0v) is 10.5. The summed E-state index contributed by atoms with van der Waals surface area (Å²) < 4.78 is 5.30. The van der Waals surface area contributed by atoms with Gasteiger partial charge in [0.1, 0.15) is 5.75 Å². The Morgan fingerprint density at radius 2 is 2.06 bits per heavy atom. The molecule has 2 heteroatoms. The number of rotatable bonds is 6. The Morgan fingerprint density at radius 3 is 2.56 bits per heavy atom. The van der Waals surface area contributed by atoms with Gasteiger partial charge in [-0.2, -0.15) is 0 Å². The van der Waals surface area contributed by atoms with E-state index in [1.165, 1.54) is 11.1 Å². The van der Waals surface area contributed by atoms with Crippen LogP contribution in [0.3, 0.4) is 0 Å². The molecular weight excluding hydrogens is 200 g/mol. The largest absolute Gasteiger partial charge is 0.496 e. The fourth-order valence-corrected chi connectivity index (χ4v) is 1.91. The van der Waals surface area contributed by atoms with Crippen molar-refractivity contribution in [3.63, 3.8) is 0 Å². The molecule has 1 N–H and O–H groups in total. The Kier molecular flexibility index (Phi) is 5.33. The van der Waals surface area contributed by atoms with Crippen LogP contribution in [-0.2, 0) is 12.8 Å². The topological polar surface area (TPSA) is 29.5 Å². The van der Waals surface area contributed by atoms with Gasteiger partial charge in [-0.15, -0.1) is 0 Å². The Hall–Kier alpha value is -1.02. The van der Waals surface area contributed by atoms with Gasteiger partial charge in [0.15, 0.2) is 0 Å². The molecule has 0 radical (unpaired) electrons. The third-order valence-corrected chi connectivity index (χ3v) is 3.09. The number of hydrogen-bond acceptors (Lipinski definition) is 2. The molecule has 0 amide bonds. The first-order valence-corrected chi connectivity index (χ1v) is 6.01. The summed E-state index contributed by atoms with van der Waals surface area (Å²) in [7, 11) is 1.71. The van der Waals surface area contributed by atoms with E-state index in [-0.39, 0.29) is 6.61 Å². The molecule has 0 saturated heterocycles. The zero-order valence-electron chi connectivity index (χ0n) is 10.5. The van der Waals surface area contributed by atoms with Crippen molar-refractivity contribution in [1.29, 1.82) is 0 Å². The summed E-state index contributed by atoms with van der Waals surface area (Å²) in [5.41, 5.74) is 2.53. The molecule has 0 aromatic heterocycles. The number of aryl methyl sites for hydroxylation is 1. The van der Waals surface area contributed by atoms with Gasteiger partial charge in [-0.3, -0.25) is 0 Å². The number of aliphatic hydroxyl groups excluding tert-OH is 1. The average Bonchev–Trinajstić information content (AvgIpc) is 2.35. The highest BCUT2D eigenvalue weighted by Crippen LogP contribution is 2.22. The minimum atomic E-state index is 0.268. The molecule has 0 aliphatic carbocycles. The number of benzene rings is 1. The SMILES string of the molecule is CCc1cc(CC(CC)CO)ccc1OC. The van der Waals surface area contributed by atoms with Crippen LogP contribution in [0.2, 0.25) is 0 Å². The summed E-state index contributed by atoms with van der Waals surface area (Å²) in [5, 5.41) is 9.19. The molecule has 16 heavy (non-hydrogen) atoms. The van der Waals surface area contributed by atoms with Crippen molar-refractivity contribution in [1.82, 2.24) is 0 Å². The molecule has 0 bridgehead atoms. The van der Waals surface area contributed by atoms with Crippen LogP contribution in [0.5, 0.6) is 5.75 Å². The molecule has 0 heterocycles. The summed E-state index contributed by atoms with van der Waals surface area (Å²) in [5.74, 6) is 1.33. The molecule has 0 aliphatic rings. The summed E-state index contributed by atoms with van der Waals surface area (Å²) >= 11 is 0. The molecule has 1 unspecified atom stereocenters. The third kappa shape index (κ3) is 3.24. The first-order chi connectivity index (χ1) is 7.74. The van der Waals surface area contributed by atoms with Crippen LogP contribution in [0, 0.1) is 5.92 Å². The van der Waals surface area contributed by atoms with Gasteiger partial charge < -0.3 is 9.84 Å². The van der Waals surface area contributed by atoms with E-state index in [2.05, 4.69) is 26.0 Å². The van der Waals surface area contributed by atoms with E-state index < -0.39 is 0 Å². The summed E-state index contributed by atoms with van der Waals surface area (Å²) in [6.07, 6.45) is 2.95. The van der Waals surface area contributed by atoms with Crippen molar-refractivity contribution in [2.45, 2.75) is 33.1 Å². The van der Waals surface area contributed by atoms with Gasteiger partial charge in [0.2, 0.25) is 0 Å². The van der Waals surface area contributed by atoms with E-state index in [4.69, 9.17) is 4.74 Å². The van der Waals surface area contributed by atoms with Crippen LogP contribution in [-0.4, -0.2) is 18.8 Å². The number of ether oxygens (including phenoxy) is 1. The van der Waals surface area contributed by atoms with Crippen molar-refractivity contribution >= 4 is 0 Å². The maximum atomic E-state index is 9.19. The fraction of sp³-hybridized carbons (Fsp3) is 0.571. The molecule has 2 nitrogen and oxygen atoms in total. The average molecular weight is 222 g/mol. The summed E-state index contributed by atoms with van der Waals surface area (Å²) in [6, 6.07) is 6.31. The molecule has 1 atom stereocenters. The predicted molar refractivity (Wildman–Crippen MR) is 66.9 cm³/mol. The molecule has 0 spiro atoms. The maximum absolute atomic E-state index is 9.19. The van der Waals surface area contributed by atoms with Crippen LogP contribution in [0.15, 0.2) is 18.2 Å². The van der Waals surface area contributed by atoms with Gasteiger partial charge in [0.05, 0.1) is 7.11 Å². The maximum Gasteiger partial charge on any atom is 0.122 e. The number of methoxy groups -OCH3 is 1. The molecule has 1 rings (SSSR count). The van der Waals surface area contributed by atoms with Gasteiger partial charge >= 0.3 is 0 Å². The fourth-order valence-electron chi connectivity index (χ4n) is 1.91. The highest BCUT2D eigenvalue weighted by Gasteiger charge is 2.08. The van der Waals surface area contributed by atoms with Crippen molar-refractivity contribution in [2.24, 2.45) is 5.92 Å². The van der Waals surface area contributed by atoms with Crippen LogP contribution < -0.4 is 4.74 Å². The van der Waals surface area contributed by atoms with E-state index in [0.29, 0.717) is 5.92 Å². The second kappa shape index (κ2) is 6.54. The number of hydrogen-bond donors (Lipinski definition) is 1. The standard InChI is InChI=1S/C14H22O2/c1-4-11(10-15)8-12-6-7-14(16-3)13(5-2)9-12/h6-7,9,11,15H,4-5,8,10H2,1-3H3. The Morgan fingerprint density at radius 1 is 1.31 bits per heavy atom. The molecular formula is C14H22O2. The lowest BCUT2D eigenvalue weighted by molar-refractivity contribution is 0.222. The van der Waals surface area contributed by atoms with E-state index in [1.54, 1.807) is 7.11 Å². The van der Waals surface area contributed by atoms with Crippen LogP contribution in [0.25, 0.3) is 0 Å². The Labute approximate surface area is 98.3 Å². The Bertz CT molecular complexity index is 317. The van der Waals surface area contributed by atoms with Gasteiger partial charge in [-0.1, -0.05) is 32.4 Å². The molecule has 0 fully saturated rings. The van der Waals surface area contributed by atoms with Crippen LogP contribution in [0.1, 0.15) is 31.4 Å². The molecule has 0 saturated carbocycles. The van der Waals surface area contributed by atoms with Crippen molar-refractivity contribution in [3.05, 3.63) is 29.3 Å². The third-order valence-electron chi connectivity index (χ3n) is 3.09. The lowest BCUT2D eigenvalue weighted by Gasteiger charge is -2.13. The smallest absolute Gasteiger partial charge is 0.122 e. The van der Waals surface area contributed by atoms with E-state index >= 15 is 0 Å². The van der Waals surface area contributed by atoms with E-state index in [1.807, 2.05) is 6.07 Å². The highest BCUT2D eigenvalue weighted by molar-refractivity contribution is 5.37. The highest BCUT2D eigenvalue weighted by atomic mass is 16.5. The zero-order chi connectivity index (χ0) is 12.0. The van der Waals surface area contributed by atoms with Crippen molar-refractivity contribution < 1.29 is 9.84 Å². The monoisotopic (exact) mass is 222 g/mol. The first kappa shape index (κ1) is 13.0. The second-order valence-electron chi connectivity index (χ2n) is 4.16. The first-order valence-electron chi connectivity index (χ1n) is 6.01. The van der Waals surface area contributed by atoms with Crippen LogP contribution in [0.4, 0.5) is 0 Å². The predicted octanol–water partition coefficient (Wildman–Crippen LogP) is 2.82. The van der Waals surface area contributed by atoms with Crippen molar-refractivity contribution in [2.75, 3.05) is 13.7 Å². The molecule has 1 aromatic rings. The van der Waals surface area contributed by atoms with Gasteiger partial charge in [0.25, 0.3) is 0 Å². The quantitative estimate of drug-likeness (QED) is 0.802. The Balaban J connectivity index is 2.82. The molecule has 90 valence electrons. The van der Waals surface area contributed by atoms with Gasteiger partial charge in [0, 0.05) is 6.61 Å². The second-order valence-corrected chi connectivity index (χ2v) is 4.16. The minimum absolute atomic E-state index is 0.268. The van der Waals surface area contributed by atoms with Gasteiger partial charge in [-0.25, -0.2) is 0 Å².